The van der Waals surface area contributed by atoms with Gasteiger partial charge in [-0.25, -0.2) is 0 Å². The molecule has 0 bridgehead atoms. The highest BCUT2D eigenvalue weighted by Gasteiger charge is 2.24. The van der Waals surface area contributed by atoms with Gasteiger partial charge in [0.15, 0.2) is 0 Å². The molecule has 7 heteroatoms. The Labute approximate surface area is 201 Å². The third-order valence-corrected chi connectivity index (χ3v) is 7.87. The number of likely N-dealkylation sites (N-methyl/N-ethyl adjacent to an activating group) is 1. The van der Waals surface area contributed by atoms with Gasteiger partial charge in [-0.2, -0.15) is 0 Å². The molecule has 1 aromatic carbocycles. The molecule has 2 fully saturated rings. The third kappa shape index (κ3) is 4.02. The number of nitrogens with zero attached hydrogens (tertiary/aromatic N) is 4. The van der Waals surface area contributed by atoms with E-state index in [-0.39, 0.29) is 6.04 Å². The first kappa shape index (κ1) is 21.8. The lowest BCUT2D eigenvalue weighted by Crippen LogP contribution is -2.44. The first-order valence-electron chi connectivity index (χ1n) is 12.7. The first-order chi connectivity index (χ1) is 16.7. The zero-order valence-corrected chi connectivity index (χ0v) is 20.3. The molecule has 178 valence electrons. The van der Waals surface area contributed by atoms with E-state index in [1.54, 1.807) is 0 Å². The second kappa shape index (κ2) is 9.13. The van der Waals surface area contributed by atoms with E-state index in [2.05, 4.69) is 68.6 Å². The smallest absolute Gasteiger partial charge is 0.0901 e. The maximum atomic E-state index is 5.04. The van der Waals surface area contributed by atoms with Crippen LogP contribution < -0.4 is 15.5 Å². The van der Waals surface area contributed by atoms with Crippen LogP contribution in [0.1, 0.15) is 54.1 Å². The number of hydrogen-bond acceptors (Lipinski definition) is 6. The molecule has 7 nitrogen and oxygen atoms in total. The Balaban J connectivity index is 1.41. The van der Waals surface area contributed by atoms with E-state index in [4.69, 9.17) is 4.99 Å². The summed E-state index contributed by atoms with van der Waals surface area (Å²) in [5.74, 6) is 0.620. The summed E-state index contributed by atoms with van der Waals surface area (Å²) in [4.78, 5) is 18.1. The Hall–Kier alpha value is -2.74. The number of rotatable bonds is 3. The number of nitrogens with one attached hydrogen (secondary N) is 3. The third-order valence-electron chi connectivity index (χ3n) is 7.87. The SMILES string of the molecule is C[C@H]1NCN=C(c2cc3c(N4CCN(C)CC4)cncc3[nH]2)c2cc(C3CCNCC3)ccc21. The molecular formula is C27H35N7. The molecule has 34 heavy (non-hydrogen) atoms. The summed E-state index contributed by atoms with van der Waals surface area (Å²) in [6, 6.07) is 9.64. The summed E-state index contributed by atoms with van der Waals surface area (Å²) < 4.78 is 0. The molecule has 2 aromatic heterocycles. The van der Waals surface area contributed by atoms with E-state index < -0.39 is 0 Å². The molecule has 3 aliphatic heterocycles. The van der Waals surface area contributed by atoms with Crippen molar-refractivity contribution in [3.8, 4) is 0 Å². The maximum Gasteiger partial charge on any atom is 0.0901 e. The molecule has 3 N–H and O–H groups in total. The molecule has 5 heterocycles. The lowest BCUT2D eigenvalue weighted by Gasteiger charge is -2.34. The lowest BCUT2D eigenvalue weighted by atomic mass is 9.86. The summed E-state index contributed by atoms with van der Waals surface area (Å²) in [7, 11) is 2.19. The predicted octanol–water partition coefficient (Wildman–Crippen LogP) is 3.24. The van der Waals surface area contributed by atoms with Crippen molar-refractivity contribution in [2.24, 2.45) is 4.99 Å². The molecule has 6 rings (SSSR count). The highest BCUT2D eigenvalue weighted by Crippen LogP contribution is 2.33. The van der Waals surface area contributed by atoms with Crippen molar-refractivity contribution < 1.29 is 0 Å². The predicted molar refractivity (Wildman–Crippen MR) is 139 cm³/mol. The number of fused-ring (bicyclic) bond motifs is 2. The zero-order chi connectivity index (χ0) is 23.1. The zero-order valence-electron chi connectivity index (χ0n) is 20.3. The van der Waals surface area contributed by atoms with Crippen molar-refractivity contribution in [1.82, 2.24) is 25.5 Å². The minimum atomic E-state index is 0.269. The quantitative estimate of drug-likeness (QED) is 0.563. The van der Waals surface area contributed by atoms with Gasteiger partial charge in [0.25, 0.3) is 0 Å². The Morgan fingerprint density at radius 2 is 1.82 bits per heavy atom. The molecule has 3 aliphatic rings. The van der Waals surface area contributed by atoms with Crippen LogP contribution in [0, 0.1) is 0 Å². The van der Waals surface area contributed by atoms with Crippen molar-refractivity contribution in [2.45, 2.75) is 31.7 Å². The van der Waals surface area contributed by atoms with E-state index in [9.17, 15) is 0 Å². The number of aliphatic imine (C=N–C) groups is 1. The van der Waals surface area contributed by atoms with Crippen LogP contribution in [0.3, 0.4) is 0 Å². The Bertz CT molecular complexity index is 1200. The standard InChI is InChI=1S/C27H35N7/c1-18-21-4-3-20(19-5-7-28-8-6-19)13-22(21)27(31-17-30-18)24-14-23-25(32-24)15-29-16-26(23)34-11-9-33(2)10-12-34/h3-4,13-16,18-19,28,30,32H,5-12,17H2,1-2H3/t18-/m1/s1. The van der Waals surface area contributed by atoms with Crippen molar-refractivity contribution in [3.63, 3.8) is 0 Å². The molecule has 0 saturated carbocycles. The second-order valence-corrected chi connectivity index (χ2v) is 10.1. The van der Waals surface area contributed by atoms with Gasteiger partial charge in [-0.3, -0.25) is 15.3 Å². The number of aromatic amines is 1. The van der Waals surface area contributed by atoms with Crippen LogP contribution in [0.15, 0.2) is 41.7 Å². The number of aromatic nitrogens is 2. The topological polar surface area (TPSA) is 71.6 Å². The molecule has 0 aliphatic carbocycles. The van der Waals surface area contributed by atoms with Crippen LogP contribution in [0.4, 0.5) is 5.69 Å². The number of H-pyrrole nitrogens is 1. The van der Waals surface area contributed by atoms with Crippen molar-refractivity contribution in [3.05, 3.63) is 59.0 Å². The van der Waals surface area contributed by atoms with Crippen LogP contribution in [0.5, 0.6) is 0 Å². The van der Waals surface area contributed by atoms with Crippen molar-refractivity contribution in [1.29, 1.82) is 0 Å². The van der Waals surface area contributed by atoms with E-state index in [1.807, 2.05) is 12.4 Å². The fraction of sp³-hybridized carbons (Fsp3) is 0.481. The number of piperidine rings is 1. The van der Waals surface area contributed by atoms with Gasteiger partial charge in [0.2, 0.25) is 0 Å². The van der Waals surface area contributed by atoms with Crippen LogP contribution >= 0.6 is 0 Å². The molecule has 1 atom stereocenters. The summed E-state index contributed by atoms with van der Waals surface area (Å²) in [5, 5.41) is 8.30. The van der Waals surface area contributed by atoms with Crippen LogP contribution in [-0.4, -0.2) is 73.6 Å². The van der Waals surface area contributed by atoms with E-state index in [0.717, 1.165) is 56.2 Å². The summed E-state index contributed by atoms with van der Waals surface area (Å²) >= 11 is 0. The van der Waals surface area contributed by atoms with E-state index in [1.165, 1.54) is 40.6 Å². The van der Waals surface area contributed by atoms with Crippen LogP contribution in [-0.2, 0) is 0 Å². The van der Waals surface area contributed by atoms with Gasteiger partial charge in [-0.05, 0) is 69.1 Å². The average molecular weight is 458 g/mol. The average Bonchev–Trinajstić information content (AvgIpc) is 3.24. The van der Waals surface area contributed by atoms with Gasteiger partial charge in [0.1, 0.15) is 0 Å². The van der Waals surface area contributed by atoms with Crippen LogP contribution in [0.25, 0.3) is 10.9 Å². The van der Waals surface area contributed by atoms with E-state index >= 15 is 0 Å². The first-order valence-corrected chi connectivity index (χ1v) is 12.7. The molecule has 0 radical (unpaired) electrons. The minimum absolute atomic E-state index is 0.269. The largest absolute Gasteiger partial charge is 0.367 e. The minimum Gasteiger partial charge on any atom is -0.367 e. The highest BCUT2D eigenvalue weighted by atomic mass is 15.2. The fourth-order valence-electron chi connectivity index (χ4n) is 5.72. The number of anilines is 1. The van der Waals surface area contributed by atoms with Gasteiger partial charge in [0, 0.05) is 43.2 Å². The number of pyridine rings is 1. The highest BCUT2D eigenvalue weighted by molar-refractivity contribution is 6.15. The molecule has 0 amide bonds. The van der Waals surface area contributed by atoms with Gasteiger partial charge in [0.05, 0.1) is 41.7 Å². The van der Waals surface area contributed by atoms with Gasteiger partial charge in [-0.15, -0.1) is 0 Å². The number of hydrogen-bond donors (Lipinski definition) is 3. The molecule has 3 aromatic rings. The normalized spacial score (nSPS) is 22.5. The summed E-state index contributed by atoms with van der Waals surface area (Å²) in [5.41, 5.74) is 8.46. The molecular weight excluding hydrogens is 422 g/mol. The Morgan fingerprint density at radius 3 is 2.65 bits per heavy atom. The lowest BCUT2D eigenvalue weighted by molar-refractivity contribution is 0.313. The van der Waals surface area contributed by atoms with E-state index in [0.29, 0.717) is 12.6 Å². The molecule has 2 saturated heterocycles. The van der Waals surface area contributed by atoms with Crippen molar-refractivity contribution >= 4 is 22.3 Å². The van der Waals surface area contributed by atoms with Gasteiger partial charge >= 0.3 is 0 Å². The maximum absolute atomic E-state index is 5.04. The second-order valence-electron chi connectivity index (χ2n) is 10.1. The monoisotopic (exact) mass is 457 g/mol. The van der Waals surface area contributed by atoms with Crippen molar-refractivity contribution in [2.75, 3.05) is 57.9 Å². The number of benzene rings is 1. The fourth-order valence-corrected chi connectivity index (χ4v) is 5.72. The molecule has 0 unspecified atom stereocenters. The number of piperazine rings is 1. The van der Waals surface area contributed by atoms with Crippen LogP contribution in [0.2, 0.25) is 0 Å². The summed E-state index contributed by atoms with van der Waals surface area (Å²) in [6.45, 7) is 9.28. The Kier molecular flexibility index (Phi) is 5.85. The molecule has 0 spiro atoms. The van der Waals surface area contributed by atoms with Gasteiger partial charge in [-0.1, -0.05) is 12.1 Å². The summed E-state index contributed by atoms with van der Waals surface area (Å²) in [6.07, 6.45) is 6.37. The van der Waals surface area contributed by atoms with Gasteiger partial charge < -0.3 is 20.1 Å². The Morgan fingerprint density at radius 1 is 1.00 bits per heavy atom.